The van der Waals surface area contributed by atoms with Crippen molar-refractivity contribution in [3.63, 3.8) is 0 Å². The third kappa shape index (κ3) is 4.53. The maximum absolute atomic E-state index is 12.8. The van der Waals surface area contributed by atoms with Gasteiger partial charge in [0.15, 0.2) is 0 Å². The van der Waals surface area contributed by atoms with Gasteiger partial charge >= 0.3 is 0 Å². The highest BCUT2D eigenvalue weighted by Gasteiger charge is 2.27. The first-order valence-corrected chi connectivity index (χ1v) is 9.44. The van der Waals surface area contributed by atoms with E-state index in [0.29, 0.717) is 37.3 Å². The van der Waals surface area contributed by atoms with Gasteiger partial charge in [0.1, 0.15) is 0 Å². The molecule has 0 saturated carbocycles. The van der Waals surface area contributed by atoms with Gasteiger partial charge in [-0.3, -0.25) is 4.79 Å². The van der Waals surface area contributed by atoms with Gasteiger partial charge in [-0.1, -0.05) is 12.5 Å². The van der Waals surface area contributed by atoms with Crippen molar-refractivity contribution >= 4 is 21.6 Å². The first kappa shape index (κ1) is 17.9. The molecule has 0 spiro atoms. The van der Waals surface area contributed by atoms with E-state index in [2.05, 4.69) is 10.6 Å². The number of nitrogens with zero attached hydrogens (tertiary/aromatic N) is 1. The number of aryl methyl sites for hydroxylation is 1. The van der Waals surface area contributed by atoms with Gasteiger partial charge in [0.25, 0.3) is 0 Å². The Morgan fingerprint density at radius 1 is 1.22 bits per heavy atom. The van der Waals surface area contributed by atoms with Gasteiger partial charge < -0.3 is 10.6 Å². The number of carbonyl (C=O) groups is 1. The van der Waals surface area contributed by atoms with Gasteiger partial charge in [0, 0.05) is 31.7 Å². The van der Waals surface area contributed by atoms with E-state index >= 15 is 0 Å². The Labute approximate surface area is 138 Å². The summed E-state index contributed by atoms with van der Waals surface area (Å²) < 4.78 is 27.2. The van der Waals surface area contributed by atoms with Crippen LogP contribution < -0.4 is 10.6 Å². The van der Waals surface area contributed by atoms with Gasteiger partial charge in [-0.05, 0) is 44.5 Å². The molecule has 1 saturated heterocycles. The van der Waals surface area contributed by atoms with Crippen LogP contribution >= 0.6 is 0 Å². The van der Waals surface area contributed by atoms with Gasteiger partial charge in [-0.25, -0.2) is 8.42 Å². The lowest BCUT2D eigenvalue weighted by molar-refractivity contribution is -0.116. The molecule has 0 aliphatic carbocycles. The van der Waals surface area contributed by atoms with Crippen LogP contribution in [-0.2, 0) is 14.8 Å². The quantitative estimate of drug-likeness (QED) is 0.827. The Hall–Kier alpha value is -1.44. The van der Waals surface area contributed by atoms with Crippen molar-refractivity contribution in [3.05, 3.63) is 23.8 Å². The van der Waals surface area contributed by atoms with E-state index in [1.54, 1.807) is 36.5 Å². The zero-order chi connectivity index (χ0) is 16.9. The van der Waals surface area contributed by atoms with E-state index in [1.165, 1.54) is 0 Å². The molecule has 0 unspecified atom stereocenters. The van der Waals surface area contributed by atoms with E-state index in [-0.39, 0.29) is 10.8 Å². The minimum atomic E-state index is -3.50. The Morgan fingerprint density at radius 2 is 1.91 bits per heavy atom. The molecule has 2 rings (SSSR count). The highest BCUT2D eigenvalue weighted by Crippen LogP contribution is 2.26. The number of carbonyl (C=O) groups excluding carboxylic acids is 1. The van der Waals surface area contributed by atoms with Crippen LogP contribution in [0.1, 0.15) is 31.2 Å². The maximum Gasteiger partial charge on any atom is 0.243 e. The minimum absolute atomic E-state index is 0.135. The lowest BCUT2D eigenvalue weighted by Crippen LogP contribution is -2.36. The summed E-state index contributed by atoms with van der Waals surface area (Å²) in [5, 5.41) is 5.67. The molecule has 0 radical (unpaired) electrons. The SMILES string of the molecule is CNCCC(=O)Nc1ccc(C)c(S(=O)(=O)N2CCCCC2)c1. The molecule has 0 atom stereocenters. The second kappa shape index (κ2) is 7.90. The average molecular weight is 339 g/mol. The summed E-state index contributed by atoms with van der Waals surface area (Å²) in [7, 11) is -1.72. The van der Waals surface area contributed by atoms with E-state index < -0.39 is 10.0 Å². The van der Waals surface area contributed by atoms with Gasteiger partial charge in [-0.15, -0.1) is 0 Å². The Kier molecular flexibility index (Phi) is 6.15. The molecule has 23 heavy (non-hydrogen) atoms. The molecule has 0 bridgehead atoms. The largest absolute Gasteiger partial charge is 0.326 e. The summed E-state index contributed by atoms with van der Waals surface area (Å²) in [6.07, 6.45) is 3.22. The summed E-state index contributed by atoms with van der Waals surface area (Å²) in [6, 6.07) is 5.04. The number of benzene rings is 1. The smallest absolute Gasteiger partial charge is 0.243 e. The second-order valence-electron chi connectivity index (χ2n) is 5.85. The second-order valence-corrected chi connectivity index (χ2v) is 7.75. The van der Waals surface area contributed by atoms with Crippen molar-refractivity contribution in [2.75, 3.05) is 32.0 Å². The number of amides is 1. The predicted molar refractivity (Wildman–Crippen MR) is 91.0 cm³/mol. The molecule has 1 fully saturated rings. The molecule has 2 N–H and O–H groups in total. The molecule has 7 heteroatoms. The molecule has 1 aromatic rings. The molecule has 128 valence electrons. The lowest BCUT2D eigenvalue weighted by Gasteiger charge is -2.26. The molecular formula is C16H25N3O3S. The third-order valence-electron chi connectivity index (χ3n) is 4.01. The molecule has 1 aromatic carbocycles. The number of nitrogens with one attached hydrogen (secondary N) is 2. The predicted octanol–water partition coefficient (Wildman–Crippen LogP) is 1.72. The van der Waals surface area contributed by atoms with E-state index in [4.69, 9.17) is 0 Å². The standard InChI is InChI=1S/C16H25N3O3S/c1-13-6-7-14(18-16(20)8-9-17-2)12-15(13)23(21,22)19-10-4-3-5-11-19/h6-7,12,17H,3-5,8-11H2,1-2H3,(H,18,20). The van der Waals surface area contributed by atoms with E-state index in [9.17, 15) is 13.2 Å². The lowest BCUT2D eigenvalue weighted by atomic mass is 10.2. The van der Waals surface area contributed by atoms with Crippen LogP contribution in [0.25, 0.3) is 0 Å². The summed E-state index contributed by atoms with van der Waals surface area (Å²) in [4.78, 5) is 12.1. The number of rotatable bonds is 6. The van der Waals surface area contributed by atoms with Gasteiger partial charge in [-0.2, -0.15) is 4.31 Å². The van der Waals surface area contributed by atoms with Crippen molar-refractivity contribution in [1.82, 2.24) is 9.62 Å². The first-order valence-electron chi connectivity index (χ1n) is 8.00. The fraction of sp³-hybridized carbons (Fsp3) is 0.562. The monoisotopic (exact) mass is 339 g/mol. The topological polar surface area (TPSA) is 78.5 Å². The average Bonchev–Trinajstić information content (AvgIpc) is 2.55. The van der Waals surface area contributed by atoms with Crippen LogP contribution in [0.2, 0.25) is 0 Å². The highest BCUT2D eigenvalue weighted by molar-refractivity contribution is 7.89. The molecule has 1 aliphatic rings. The Morgan fingerprint density at radius 3 is 2.57 bits per heavy atom. The Bertz CT molecular complexity index is 653. The zero-order valence-electron chi connectivity index (χ0n) is 13.8. The van der Waals surface area contributed by atoms with Crippen LogP contribution in [0.5, 0.6) is 0 Å². The molecule has 0 aromatic heterocycles. The molecule has 1 aliphatic heterocycles. The van der Waals surface area contributed by atoms with Gasteiger partial charge in [0.2, 0.25) is 15.9 Å². The zero-order valence-corrected chi connectivity index (χ0v) is 14.6. The normalized spacial score (nSPS) is 16.3. The first-order chi connectivity index (χ1) is 10.9. The van der Waals surface area contributed by atoms with Gasteiger partial charge in [0.05, 0.1) is 4.90 Å². The van der Waals surface area contributed by atoms with E-state index in [1.807, 2.05) is 0 Å². The molecule has 1 heterocycles. The molecule has 1 amide bonds. The molecular weight excluding hydrogens is 314 g/mol. The summed E-state index contributed by atoms with van der Waals surface area (Å²) in [5.74, 6) is -0.135. The minimum Gasteiger partial charge on any atom is -0.326 e. The number of sulfonamides is 1. The van der Waals surface area contributed by atoms with Crippen LogP contribution in [0, 0.1) is 6.92 Å². The number of hydrogen-bond donors (Lipinski definition) is 2. The highest BCUT2D eigenvalue weighted by atomic mass is 32.2. The summed E-state index contributed by atoms with van der Waals surface area (Å²) in [5.41, 5.74) is 1.22. The van der Waals surface area contributed by atoms with Crippen LogP contribution in [-0.4, -0.2) is 45.3 Å². The van der Waals surface area contributed by atoms with Crippen molar-refractivity contribution < 1.29 is 13.2 Å². The van der Waals surface area contributed by atoms with Crippen LogP contribution in [0.15, 0.2) is 23.1 Å². The number of piperidine rings is 1. The fourth-order valence-corrected chi connectivity index (χ4v) is 4.43. The summed E-state index contributed by atoms with van der Waals surface area (Å²) >= 11 is 0. The Balaban J connectivity index is 2.21. The number of anilines is 1. The van der Waals surface area contributed by atoms with Crippen LogP contribution in [0.3, 0.4) is 0 Å². The van der Waals surface area contributed by atoms with Crippen molar-refractivity contribution in [3.8, 4) is 0 Å². The third-order valence-corrected chi connectivity index (χ3v) is 6.05. The number of hydrogen-bond acceptors (Lipinski definition) is 4. The van der Waals surface area contributed by atoms with Crippen LogP contribution in [0.4, 0.5) is 5.69 Å². The summed E-state index contributed by atoms with van der Waals surface area (Å²) in [6.45, 7) is 3.50. The van der Waals surface area contributed by atoms with Crippen molar-refractivity contribution in [1.29, 1.82) is 0 Å². The molecule has 6 nitrogen and oxygen atoms in total. The van der Waals surface area contributed by atoms with Crippen molar-refractivity contribution in [2.24, 2.45) is 0 Å². The fourth-order valence-electron chi connectivity index (χ4n) is 2.66. The van der Waals surface area contributed by atoms with Crippen molar-refractivity contribution in [2.45, 2.75) is 37.5 Å². The maximum atomic E-state index is 12.8. The van der Waals surface area contributed by atoms with E-state index in [0.717, 1.165) is 19.3 Å².